The molecule has 0 radical (unpaired) electrons. The van der Waals surface area contributed by atoms with E-state index >= 15 is 0 Å². The van der Waals surface area contributed by atoms with Crippen LogP contribution in [-0.4, -0.2) is 11.0 Å². The zero-order valence-electron chi connectivity index (χ0n) is 9.75. The standard InChI is InChI=1S/C13H19BrO2/c1-8(14)16-12(15)13-5-9-2-10(6-13)4-11(3-9)7-13/h8-11H,2-7H2,1H3. The zero-order chi connectivity index (χ0) is 11.3. The van der Waals surface area contributed by atoms with Crippen molar-refractivity contribution in [2.75, 3.05) is 0 Å². The summed E-state index contributed by atoms with van der Waals surface area (Å²) in [5.41, 5.74) is -0.100. The lowest BCUT2D eigenvalue weighted by Gasteiger charge is -2.55. The van der Waals surface area contributed by atoms with Crippen LogP contribution in [-0.2, 0) is 9.53 Å². The van der Waals surface area contributed by atoms with E-state index in [4.69, 9.17) is 4.74 Å². The van der Waals surface area contributed by atoms with Crippen LogP contribution in [0.2, 0.25) is 0 Å². The van der Waals surface area contributed by atoms with E-state index in [1.165, 1.54) is 19.3 Å². The van der Waals surface area contributed by atoms with Crippen LogP contribution in [0.25, 0.3) is 0 Å². The van der Waals surface area contributed by atoms with Gasteiger partial charge in [0.2, 0.25) is 0 Å². The Labute approximate surface area is 105 Å². The highest BCUT2D eigenvalue weighted by molar-refractivity contribution is 9.09. The van der Waals surface area contributed by atoms with Crippen LogP contribution in [0.1, 0.15) is 45.4 Å². The van der Waals surface area contributed by atoms with Gasteiger partial charge < -0.3 is 4.74 Å². The van der Waals surface area contributed by atoms with E-state index < -0.39 is 0 Å². The van der Waals surface area contributed by atoms with Crippen LogP contribution in [0.3, 0.4) is 0 Å². The topological polar surface area (TPSA) is 26.3 Å². The molecule has 4 saturated carbocycles. The molecule has 1 atom stereocenters. The van der Waals surface area contributed by atoms with Crippen LogP contribution in [0.4, 0.5) is 0 Å². The third kappa shape index (κ3) is 1.71. The monoisotopic (exact) mass is 286 g/mol. The number of halogens is 1. The number of carbonyl (C=O) groups excluding carboxylic acids is 1. The van der Waals surface area contributed by atoms with Crippen LogP contribution >= 0.6 is 15.9 Å². The van der Waals surface area contributed by atoms with E-state index in [-0.39, 0.29) is 16.4 Å². The molecule has 0 aromatic rings. The smallest absolute Gasteiger partial charge is 0.313 e. The quantitative estimate of drug-likeness (QED) is 0.574. The van der Waals surface area contributed by atoms with E-state index in [0.29, 0.717) is 0 Å². The largest absolute Gasteiger partial charge is 0.451 e. The number of hydrogen-bond acceptors (Lipinski definition) is 2. The van der Waals surface area contributed by atoms with E-state index in [9.17, 15) is 4.79 Å². The average Bonchev–Trinajstić information content (AvgIpc) is 2.13. The number of hydrogen-bond donors (Lipinski definition) is 0. The summed E-state index contributed by atoms with van der Waals surface area (Å²) >= 11 is 3.31. The van der Waals surface area contributed by atoms with Gasteiger partial charge in [-0.1, -0.05) is 0 Å². The van der Waals surface area contributed by atoms with E-state index in [1.54, 1.807) is 0 Å². The van der Waals surface area contributed by atoms with Gasteiger partial charge in [0, 0.05) is 0 Å². The predicted molar refractivity (Wildman–Crippen MR) is 65.1 cm³/mol. The van der Waals surface area contributed by atoms with Crippen molar-refractivity contribution >= 4 is 21.9 Å². The summed E-state index contributed by atoms with van der Waals surface area (Å²) in [6.45, 7) is 1.87. The van der Waals surface area contributed by atoms with Gasteiger partial charge >= 0.3 is 5.97 Å². The van der Waals surface area contributed by atoms with Crippen LogP contribution in [0, 0.1) is 23.2 Å². The summed E-state index contributed by atoms with van der Waals surface area (Å²) in [6.07, 6.45) is 7.40. The van der Waals surface area contributed by atoms with Crippen LogP contribution in [0.15, 0.2) is 0 Å². The van der Waals surface area contributed by atoms with Gasteiger partial charge in [-0.2, -0.15) is 0 Å². The number of esters is 1. The van der Waals surface area contributed by atoms with Crippen molar-refractivity contribution in [2.45, 2.75) is 50.5 Å². The average molecular weight is 287 g/mol. The molecule has 4 aliphatic rings. The molecule has 16 heavy (non-hydrogen) atoms. The van der Waals surface area contributed by atoms with Gasteiger partial charge in [-0.15, -0.1) is 0 Å². The molecule has 2 nitrogen and oxygen atoms in total. The first-order chi connectivity index (χ1) is 7.57. The van der Waals surface area contributed by atoms with Gasteiger partial charge in [-0.25, -0.2) is 0 Å². The minimum absolute atomic E-state index is 0.0657. The second kappa shape index (κ2) is 3.72. The minimum atomic E-state index is -0.145. The minimum Gasteiger partial charge on any atom is -0.451 e. The molecule has 4 aliphatic carbocycles. The normalized spacial score (nSPS) is 46.8. The molecule has 0 heterocycles. The molecule has 0 amide bonds. The molecule has 4 rings (SSSR count). The second-order valence-electron chi connectivity index (χ2n) is 6.15. The molecule has 0 saturated heterocycles. The highest BCUT2D eigenvalue weighted by Crippen LogP contribution is 2.60. The molecular formula is C13H19BrO2. The summed E-state index contributed by atoms with van der Waals surface area (Å²) in [7, 11) is 0. The third-order valence-electron chi connectivity index (χ3n) is 4.74. The predicted octanol–water partition coefficient (Wildman–Crippen LogP) is 3.49. The maximum Gasteiger partial charge on any atom is 0.313 e. The molecule has 0 N–H and O–H groups in total. The molecule has 3 heteroatoms. The van der Waals surface area contributed by atoms with Crippen molar-refractivity contribution in [1.82, 2.24) is 0 Å². The molecule has 90 valence electrons. The summed E-state index contributed by atoms with van der Waals surface area (Å²) in [4.78, 5) is 12.3. The Bertz CT molecular complexity index is 276. The van der Waals surface area contributed by atoms with Crippen molar-refractivity contribution in [3.05, 3.63) is 0 Å². The van der Waals surface area contributed by atoms with Crippen molar-refractivity contribution in [3.8, 4) is 0 Å². The van der Waals surface area contributed by atoms with Crippen molar-refractivity contribution in [2.24, 2.45) is 23.2 Å². The van der Waals surface area contributed by atoms with Gasteiger partial charge in [-0.3, -0.25) is 4.79 Å². The Hall–Kier alpha value is -0.0500. The molecule has 0 aliphatic heterocycles. The Morgan fingerprint density at radius 3 is 2.00 bits per heavy atom. The zero-order valence-corrected chi connectivity index (χ0v) is 11.3. The van der Waals surface area contributed by atoms with Crippen LogP contribution in [0.5, 0.6) is 0 Å². The van der Waals surface area contributed by atoms with E-state index in [0.717, 1.165) is 37.0 Å². The number of carbonyl (C=O) groups is 1. The van der Waals surface area contributed by atoms with Gasteiger partial charge in [0.1, 0.15) is 0 Å². The SMILES string of the molecule is CC(Br)OC(=O)C12CC3CC(CC(C3)C1)C2. The maximum absolute atomic E-state index is 12.3. The van der Waals surface area contributed by atoms with E-state index in [2.05, 4.69) is 15.9 Å². The first-order valence-electron chi connectivity index (χ1n) is 6.42. The van der Waals surface area contributed by atoms with Crippen LogP contribution < -0.4 is 0 Å². The molecule has 0 spiro atoms. The molecular weight excluding hydrogens is 268 g/mol. The fourth-order valence-corrected chi connectivity index (χ4v) is 4.80. The Balaban J connectivity index is 1.80. The fraction of sp³-hybridized carbons (Fsp3) is 0.923. The van der Waals surface area contributed by atoms with Crippen molar-refractivity contribution in [1.29, 1.82) is 0 Å². The lowest BCUT2D eigenvalue weighted by molar-refractivity contribution is -0.172. The first-order valence-corrected chi connectivity index (χ1v) is 7.34. The van der Waals surface area contributed by atoms with Gasteiger partial charge in [0.25, 0.3) is 0 Å². The highest BCUT2D eigenvalue weighted by Gasteiger charge is 2.55. The second-order valence-corrected chi connectivity index (χ2v) is 7.44. The third-order valence-corrected chi connectivity index (χ3v) is 4.93. The summed E-state index contributed by atoms with van der Waals surface area (Å²) in [6, 6.07) is 0. The first kappa shape index (κ1) is 11.1. The molecule has 0 aromatic carbocycles. The Kier molecular flexibility index (Phi) is 2.58. The lowest BCUT2D eigenvalue weighted by Crippen LogP contribution is -2.50. The lowest BCUT2D eigenvalue weighted by atomic mass is 9.49. The molecule has 4 bridgehead atoms. The van der Waals surface area contributed by atoms with Crippen molar-refractivity contribution < 1.29 is 9.53 Å². The molecule has 1 unspecified atom stereocenters. The van der Waals surface area contributed by atoms with Gasteiger partial charge in [0.05, 0.1) is 5.41 Å². The summed E-state index contributed by atoms with van der Waals surface area (Å²) in [5.74, 6) is 2.49. The highest BCUT2D eigenvalue weighted by atomic mass is 79.9. The Morgan fingerprint density at radius 2 is 1.62 bits per heavy atom. The summed E-state index contributed by atoms with van der Waals surface area (Å²) in [5, 5.41) is -0.145. The number of ether oxygens (including phenoxy) is 1. The summed E-state index contributed by atoms with van der Waals surface area (Å²) < 4.78 is 5.41. The number of rotatable bonds is 2. The van der Waals surface area contributed by atoms with Crippen molar-refractivity contribution in [3.63, 3.8) is 0 Å². The van der Waals surface area contributed by atoms with E-state index in [1.807, 2.05) is 6.92 Å². The van der Waals surface area contributed by atoms with Gasteiger partial charge in [0.15, 0.2) is 5.01 Å². The Morgan fingerprint density at radius 1 is 1.19 bits per heavy atom. The molecule has 0 aromatic heterocycles. The fourth-order valence-electron chi connectivity index (χ4n) is 4.63. The maximum atomic E-state index is 12.3. The number of alkyl halides is 1. The molecule has 4 fully saturated rings. The van der Waals surface area contributed by atoms with Gasteiger partial charge in [-0.05, 0) is 79.1 Å².